The lowest BCUT2D eigenvalue weighted by Crippen LogP contribution is -2.11. The van der Waals surface area contributed by atoms with E-state index in [0.29, 0.717) is 23.8 Å². The fourth-order valence-corrected chi connectivity index (χ4v) is 3.28. The molecule has 0 saturated carbocycles. The predicted octanol–water partition coefficient (Wildman–Crippen LogP) is 3.40. The van der Waals surface area contributed by atoms with E-state index >= 15 is 0 Å². The zero-order chi connectivity index (χ0) is 21.1. The number of hydrogen-bond donors (Lipinski definition) is 4. The number of benzene rings is 2. The van der Waals surface area contributed by atoms with Crippen LogP contribution < -0.4 is 5.32 Å². The standard InChI is InChI=1S/C22H22FN5O2/c1-13(14-2-5-16(23)6-3-14)11-24-21-9-8-18(25-27-21)15-4-7-19-17(10-15)22(28-26-19)20(30)12-29/h2-10,13,20,29-30H,11-12H2,1H3,(H,24,27)(H,26,28). The van der Waals surface area contributed by atoms with E-state index in [0.717, 1.165) is 22.0 Å². The largest absolute Gasteiger partial charge is 0.393 e. The lowest BCUT2D eigenvalue weighted by molar-refractivity contribution is 0.0932. The van der Waals surface area contributed by atoms with Gasteiger partial charge in [-0.25, -0.2) is 4.39 Å². The Bertz CT molecular complexity index is 1130. The van der Waals surface area contributed by atoms with Crippen molar-refractivity contribution >= 4 is 16.7 Å². The minimum absolute atomic E-state index is 0.187. The monoisotopic (exact) mass is 407 g/mol. The van der Waals surface area contributed by atoms with Crippen molar-refractivity contribution in [1.82, 2.24) is 20.4 Å². The number of aliphatic hydroxyl groups excluding tert-OH is 2. The van der Waals surface area contributed by atoms with Gasteiger partial charge in [0.05, 0.1) is 17.8 Å². The normalized spacial score (nSPS) is 13.3. The first-order valence-corrected chi connectivity index (χ1v) is 9.65. The molecular weight excluding hydrogens is 385 g/mol. The molecule has 2 unspecified atom stereocenters. The van der Waals surface area contributed by atoms with E-state index < -0.39 is 12.7 Å². The lowest BCUT2D eigenvalue weighted by Gasteiger charge is -2.13. The summed E-state index contributed by atoms with van der Waals surface area (Å²) in [6, 6.07) is 15.8. The van der Waals surface area contributed by atoms with Crippen molar-refractivity contribution in [3.8, 4) is 11.3 Å². The molecule has 0 aliphatic carbocycles. The average molecular weight is 407 g/mol. The van der Waals surface area contributed by atoms with Gasteiger partial charge in [-0.05, 0) is 47.9 Å². The molecule has 2 heterocycles. The Morgan fingerprint density at radius 1 is 1.07 bits per heavy atom. The molecule has 4 N–H and O–H groups in total. The predicted molar refractivity (Wildman–Crippen MR) is 112 cm³/mol. The van der Waals surface area contributed by atoms with Gasteiger partial charge >= 0.3 is 0 Å². The van der Waals surface area contributed by atoms with E-state index in [1.54, 1.807) is 12.1 Å². The third-order valence-corrected chi connectivity index (χ3v) is 5.07. The smallest absolute Gasteiger partial charge is 0.148 e. The number of rotatable bonds is 7. The minimum Gasteiger partial charge on any atom is -0.393 e. The maximum Gasteiger partial charge on any atom is 0.148 e. The van der Waals surface area contributed by atoms with Gasteiger partial charge in [-0.1, -0.05) is 25.1 Å². The molecule has 0 amide bonds. The van der Waals surface area contributed by atoms with Crippen LogP contribution in [0.5, 0.6) is 0 Å². The number of fused-ring (bicyclic) bond motifs is 1. The molecule has 8 heteroatoms. The number of aliphatic hydroxyl groups is 2. The summed E-state index contributed by atoms with van der Waals surface area (Å²) in [6.07, 6.45) is -1.05. The number of hydrogen-bond acceptors (Lipinski definition) is 6. The van der Waals surface area contributed by atoms with Crippen LogP contribution in [-0.2, 0) is 0 Å². The highest BCUT2D eigenvalue weighted by atomic mass is 19.1. The number of anilines is 1. The molecule has 0 aliphatic rings. The molecule has 2 atom stereocenters. The summed E-state index contributed by atoms with van der Waals surface area (Å²) in [4.78, 5) is 0. The molecule has 4 aromatic rings. The Hall–Kier alpha value is -3.36. The summed E-state index contributed by atoms with van der Waals surface area (Å²) in [6.45, 7) is 2.30. The van der Waals surface area contributed by atoms with Gasteiger partial charge in [-0.15, -0.1) is 10.2 Å². The van der Waals surface area contributed by atoms with Crippen LogP contribution in [-0.4, -0.2) is 43.8 Å². The molecule has 0 spiro atoms. The second kappa shape index (κ2) is 8.56. The molecule has 0 fully saturated rings. The molecule has 154 valence electrons. The van der Waals surface area contributed by atoms with Crippen LogP contribution >= 0.6 is 0 Å². The summed E-state index contributed by atoms with van der Waals surface area (Å²) in [5, 5.41) is 38.6. The van der Waals surface area contributed by atoms with Gasteiger partial charge in [0.25, 0.3) is 0 Å². The number of aromatic amines is 1. The van der Waals surface area contributed by atoms with Gasteiger partial charge in [-0.2, -0.15) is 5.10 Å². The Labute approximate surface area is 172 Å². The van der Waals surface area contributed by atoms with Gasteiger partial charge in [0.15, 0.2) is 0 Å². The third-order valence-electron chi connectivity index (χ3n) is 5.07. The quantitative estimate of drug-likeness (QED) is 0.374. The fourth-order valence-electron chi connectivity index (χ4n) is 3.28. The Balaban J connectivity index is 1.47. The first-order chi connectivity index (χ1) is 14.5. The van der Waals surface area contributed by atoms with Crippen molar-refractivity contribution in [1.29, 1.82) is 0 Å². The van der Waals surface area contributed by atoms with Crippen molar-refractivity contribution in [2.75, 3.05) is 18.5 Å². The fraction of sp³-hybridized carbons (Fsp3) is 0.227. The highest BCUT2D eigenvalue weighted by Crippen LogP contribution is 2.27. The molecule has 4 rings (SSSR count). The highest BCUT2D eigenvalue weighted by molar-refractivity contribution is 5.86. The maximum atomic E-state index is 13.1. The summed E-state index contributed by atoms with van der Waals surface area (Å²) < 4.78 is 13.1. The first kappa shape index (κ1) is 19.9. The molecule has 30 heavy (non-hydrogen) atoms. The molecule has 0 aliphatic heterocycles. The van der Waals surface area contributed by atoms with Gasteiger partial charge in [-0.3, -0.25) is 5.10 Å². The summed E-state index contributed by atoms with van der Waals surface area (Å²) in [5.74, 6) is 0.590. The van der Waals surface area contributed by atoms with Crippen molar-refractivity contribution in [3.05, 3.63) is 71.7 Å². The van der Waals surface area contributed by atoms with Crippen LogP contribution in [0.1, 0.15) is 30.2 Å². The van der Waals surface area contributed by atoms with E-state index in [2.05, 4.69) is 32.6 Å². The molecule has 0 saturated heterocycles. The average Bonchev–Trinajstić information content (AvgIpc) is 3.21. The van der Waals surface area contributed by atoms with E-state index in [1.165, 1.54) is 12.1 Å². The number of H-pyrrole nitrogens is 1. The van der Waals surface area contributed by atoms with Crippen LogP contribution in [0.4, 0.5) is 10.2 Å². The van der Waals surface area contributed by atoms with E-state index in [1.807, 2.05) is 30.3 Å². The van der Waals surface area contributed by atoms with Crippen molar-refractivity contribution in [3.63, 3.8) is 0 Å². The minimum atomic E-state index is -1.05. The Morgan fingerprint density at radius 2 is 1.87 bits per heavy atom. The zero-order valence-electron chi connectivity index (χ0n) is 16.4. The van der Waals surface area contributed by atoms with Crippen LogP contribution in [0.15, 0.2) is 54.6 Å². The van der Waals surface area contributed by atoms with E-state index in [4.69, 9.17) is 0 Å². The topological polar surface area (TPSA) is 107 Å². The molecule has 0 radical (unpaired) electrons. The molecule has 7 nitrogen and oxygen atoms in total. The van der Waals surface area contributed by atoms with E-state index in [9.17, 15) is 14.6 Å². The number of halogens is 1. The molecular formula is C22H22FN5O2. The maximum absolute atomic E-state index is 13.1. The first-order valence-electron chi connectivity index (χ1n) is 9.65. The van der Waals surface area contributed by atoms with Gasteiger partial charge in [0, 0.05) is 17.5 Å². The number of aromatic nitrogens is 4. The molecule has 2 aromatic heterocycles. The van der Waals surface area contributed by atoms with Crippen LogP contribution in [0.3, 0.4) is 0 Å². The highest BCUT2D eigenvalue weighted by Gasteiger charge is 2.15. The van der Waals surface area contributed by atoms with Gasteiger partial charge in [0.1, 0.15) is 23.4 Å². The van der Waals surface area contributed by atoms with Crippen LogP contribution in [0.2, 0.25) is 0 Å². The SMILES string of the molecule is CC(CNc1ccc(-c2ccc3[nH]nc(C(O)CO)c3c2)nn1)c1ccc(F)cc1. The molecule has 0 bridgehead atoms. The lowest BCUT2D eigenvalue weighted by atomic mass is 10.0. The van der Waals surface area contributed by atoms with Crippen molar-refractivity contribution in [2.24, 2.45) is 0 Å². The Morgan fingerprint density at radius 3 is 2.57 bits per heavy atom. The van der Waals surface area contributed by atoms with Crippen molar-refractivity contribution in [2.45, 2.75) is 18.9 Å². The zero-order valence-corrected chi connectivity index (χ0v) is 16.4. The van der Waals surface area contributed by atoms with Gasteiger partial charge < -0.3 is 15.5 Å². The second-order valence-electron chi connectivity index (χ2n) is 7.20. The summed E-state index contributed by atoms with van der Waals surface area (Å²) >= 11 is 0. The third kappa shape index (κ3) is 4.14. The summed E-state index contributed by atoms with van der Waals surface area (Å²) in [5.41, 5.74) is 3.72. The number of nitrogens with zero attached hydrogens (tertiary/aromatic N) is 3. The Kier molecular flexibility index (Phi) is 5.69. The van der Waals surface area contributed by atoms with Gasteiger partial charge in [0.2, 0.25) is 0 Å². The second-order valence-corrected chi connectivity index (χ2v) is 7.20. The van der Waals surface area contributed by atoms with E-state index in [-0.39, 0.29) is 11.7 Å². The van der Waals surface area contributed by atoms with Crippen molar-refractivity contribution < 1.29 is 14.6 Å². The number of nitrogens with one attached hydrogen (secondary N) is 2. The molecule has 2 aromatic carbocycles. The van der Waals surface area contributed by atoms with Crippen LogP contribution in [0, 0.1) is 5.82 Å². The van der Waals surface area contributed by atoms with Crippen LogP contribution in [0.25, 0.3) is 22.2 Å². The summed E-state index contributed by atoms with van der Waals surface area (Å²) in [7, 11) is 0.